The van der Waals surface area contributed by atoms with Gasteiger partial charge in [-0.05, 0) is 31.0 Å². The van der Waals surface area contributed by atoms with Crippen molar-refractivity contribution in [1.29, 1.82) is 0 Å². The number of carbonyl (C=O) groups excluding carboxylic acids is 1. The summed E-state index contributed by atoms with van der Waals surface area (Å²) in [6, 6.07) is 5.30. The van der Waals surface area contributed by atoms with Crippen molar-refractivity contribution >= 4 is 40.7 Å². The largest absolute Gasteiger partial charge is 0.298 e. The molecule has 4 heteroatoms. The van der Waals surface area contributed by atoms with Crippen LogP contribution >= 0.6 is 35.0 Å². The molecule has 1 nitrogen and oxygen atoms in total. The lowest BCUT2D eigenvalue weighted by molar-refractivity contribution is -0.117. The Morgan fingerprint density at radius 2 is 2.13 bits per heavy atom. The molecule has 1 aliphatic rings. The van der Waals surface area contributed by atoms with Gasteiger partial charge in [-0.1, -0.05) is 23.2 Å². The number of Topliss-reactive ketones (excluding diaryl/α,β-unsaturated/α-hetero) is 1. The maximum atomic E-state index is 11.5. The molecule has 0 bridgehead atoms. The van der Waals surface area contributed by atoms with Gasteiger partial charge in [0, 0.05) is 15.8 Å². The maximum Gasteiger partial charge on any atom is 0.146 e. The lowest BCUT2D eigenvalue weighted by Gasteiger charge is -2.03. The van der Waals surface area contributed by atoms with E-state index in [2.05, 4.69) is 0 Å². The Hall–Kier alpha value is -0.180. The van der Waals surface area contributed by atoms with Crippen molar-refractivity contribution in [3.63, 3.8) is 0 Å². The minimum atomic E-state index is 0.315. The van der Waals surface area contributed by atoms with E-state index in [1.807, 2.05) is 0 Å². The fourth-order valence-corrected chi connectivity index (χ4v) is 2.73. The van der Waals surface area contributed by atoms with Crippen LogP contribution in [-0.2, 0) is 4.79 Å². The third kappa shape index (κ3) is 3.13. The zero-order chi connectivity index (χ0) is 10.8. The Bertz CT molecular complexity index is 388. The summed E-state index contributed by atoms with van der Waals surface area (Å²) in [7, 11) is 0. The number of benzene rings is 1. The number of carbonyl (C=O) groups is 1. The van der Waals surface area contributed by atoms with Crippen LogP contribution in [0.5, 0.6) is 0 Å². The average molecular weight is 261 g/mol. The van der Waals surface area contributed by atoms with E-state index in [0.29, 0.717) is 27.5 Å². The van der Waals surface area contributed by atoms with Gasteiger partial charge in [0.1, 0.15) is 5.78 Å². The summed E-state index contributed by atoms with van der Waals surface area (Å²) in [5.41, 5.74) is 0. The first-order chi connectivity index (χ1) is 7.16. The van der Waals surface area contributed by atoms with Crippen LogP contribution in [0.3, 0.4) is 0 Å². The molecule has 1 aromatic rings. The molecule has 0 atom stereocenters. The maximum absolute atomic E-state index is 11.5. The number of halogens is 2. The molecule has 2 rings (SSSR count). The van der Waals surface area contributed by atoms with Crippen LogP contribution < -0.4 is 0 Å². The van der Waals surface area contributed by atoms with Crippen molar-refractivity contribution in [2.75, 3.05) is 5.75 Å². The number of rotatable bonds is 4. The molecule has 0 unspecified atom stereocenters. The Kier molecular flexibility index (Phi) is 3.60. The predicted octanol–water partition coefficient (Wildman–Crippen LogP) is 4.06. The highest BCUT2D eigenvalue weighted by atomic mass is 35.5. The second-order valence-electron chi connectivity index (χ2n) is 3.60. The second-order valence-corrected chi connectivity index (χ2v) is 5.46. The summed E-state index contributed by atoms with van der Waals surface area (Å²) in [5.74, 6) is 1.15. The topological polar surface area (TPSA) is 17.1 Å². The molecule has 0 N–H and O–H groups in total. The molecular weight excluding hydrogens is 251 g/mol. The van der Waals surface area contributed by atoms with Gasteiger partial charge < -0.3 is 0 Å². The summed E-state index contributed by atoms with van der Waals surface area (Å²) in [6.07, 6.45) is 2.12. The number of ketones is 1. The first kappa shape index (κ1) is 11.3. The fourth-order valence-electron chi connectivity index (χ4n) is 1.26. The molecule has 0 spiro atoms. The van der Waals surface area contributed by atoms with Crippen LogP contribution in [0.2, 0.25) is 10.0 Å². The Morgan fingerprint density at radius 1 is 1.40 bits per heavy atom. The SMILES string of the molecule is O=C(CSc1cc(Cl)ccc1Cl)C1CC1. The van der Waals surface area contributed by atoms with Crippen LogP contribution in [0.15, 0.2) is 23.1 Å². The van der Waals surface area contributed by atoms with Gasteiger partial charge in [0.05, 0.1) is 10.8 Å². The highest BCUT2D eigenvalue weighted by Crippen LogP contribution is 2.34. The van der Waals surface area contributed by atoms with Gasteiger partial charge in [0.2, 0.25) is 0 Å². The van der Waals surface area contributed by atoms with Crippen LogP contribution in [0, 0.1) is 5.92 Å². The van der Waals surface area contributed by atoms with E-state index in [9.17, 15) is 4.79 Å². The van der Waals surface area contributed by atoms with E-state index in [1.54, 1.807) is 18.2 Å². The molecule has 80 valence electrons. The molecule has 15 heavy (non-hydrogen) atoms. The van der Waals surface area contributed by atoms with Crippen molar-refractivity contribution in [1.82, 2.24) is 0 Å². The summed E-state index contributed by atoms with van der Waals surface area (Å²) >= 11 is 13.3. The molecule has 0 aromatic heterocycles. The van der Waals surface area contributed by atoms with E-state index in [-0.39, 0.29) is 0 Å². The van der Waals surface area contributed by atoms with E-state index >= 15 is 0 Å². The van der Waals surface area contributed by atoms with Gasteiger partial charge in [-0.3, -0.25) is 4.79 Å². The first-order valence-electron chi connectivity index (χ1n) is 4.77. The Morgan fingerprint density at radius 3 is 2.80 bits per heavy atom. The van der Waals surface area contributed by atoms with Gasteiger partial charge >= 0.3 is 0 Å². The number of thioether (sulfide) groups is 1. The number of hydrogen-bond acceptors (Lipinski definition) is 2. The summed E-state index contributed by atoms with van der Waals surface area (Å²) in [4.78, 5) is 12.4. The summed E-state index contributed by atoms with van der Waals surface area (Å²) < 4.78 is 0. The van der Waals surface area contributed by atoms with Gasteiger partial charge in [-0.2, -0.15) is 0 Å². The quantitative estimate of drug-likeness (QED) is 0.760. The molecule has 0 heterocycles. The Labute approximate surface area is 103 Å². The smallest absolute Gasteiger partial charge is 0.146 e. The minimum absolute atomic E-state index is 0.315. The first-order valence-corrected chi connectivity index (χ1v) is 6.51. The molecular formula is C11H10Cl2OS. The highest BCUT2D eigenvalue weighted by molar-refractivity contribution is 8.00. The number of hydrogen-bond donors (Lipinski definition) is 0. The average Bonchev–Trinajstić information content (AvgIpc) is 3.02. The summed E-state index contributed by atoms with van der Waals surface area (Å²) in [5, 5.41) is 1.31. The highest BCUT2D eigenvalue weighted by Gasteiger charge is 2.29. The van der Waals surface area contributed by atoms with E-state index < -0.39 is 0 Å². The van der Waals surface area contributed by atoms with E-state index in [4.69, 9.17) is 23.2 Å². The van der Waals surface area contributed by atoms with E-state index in [0.717, 1.165) is 17.7 Å². The summed E-state index contributed by atoms with van der Waals surface area (Å²) in [6.45, 7) is 0. The lowest BCUT2D eigenvalue weighted by atomic mass is 10.3. The molecule has 0 amide bonds. The molecule has 1 aromatic carbocycles. The van der Waals surface area contributed by atoms with Crippen molar-refractivity contribution in [2.45, 2.75) is 17.7 Å². The van der Waals surface area contributed by atoms with Gasteiger partial charge in [-0.15, -0.1) is 11.8 Å². The van der Waals surface area contributed by atoms with Crippen molar-refractivity contribution in [3.05, 3.63) is 28.2 Å². The minimum Gasteiger partial charge on any atom is -0.298 e. The van der Waals surface area contributed by atoms with Crippen molar-refractivity contribution in [2.24, 2.45) is 5.92 Å². The lowest BCUT2D eigenvalue weighted by Crippen LogP contribution is -2.03. The monoisotopic (exact) mass is 260 g/mol. The molecule has 1 saturated carbocycles. The normalized spacial score (nSPS) is 15.3. The van der Waals surface area contributed by atoms with Crippen molar-refractivity contribution in [3.8, 4) is 0 Å². The zero-order valence-corrected chi connectivity index (χ0v) is 10.3. The third-order valence-corrected chi connectivity index (χ3v) is 4.05. The van der Waals surface area contributed by atoms with Crippen LogP contribution in [-0.4, -0.2) is 11.5 Å². The molecule has 1 fully saturated rings. The molecule has 0 aliphatic heterocycles. The van der Waals surface area contributed by atoms with E-state index in [1.165, 1.54) is 11.8 Å². The van der Waals surface area contributed by atoms with Crippen LogP contribution in [0.1, 0.15) is 12.8 Å². The van der Waals surface area contributed by atoms with Crippen molar-refractivity contribution < 1.29 is 4.79 Å². The second kappa shape index (κ2) is 4.77. The standard InChI is InChI=1S/C11H10Cl2OS/c12-8-3-4-9(13)11(5-8)15-6-10(14)7-1-2-7/h3-5,7H,1-2,6H2. The van der Waals surface area contributed by atoms with Gasteiger partial charge in [-0.25, -0.2) is 0 Å². The van der Waals surface area contributed by atoms with Crippen LogP contribution in [0.25, 0.3) is 0 Å². The third-order valence-electron chi connectivity index (χ3n) is 2.30. The fraction of sp³-hybridized carbons (Fsp3) is 0.364. The van der Waals surface area contributed by atoms with Gasteiger partial charge in [0.15, 0.2) is 0 Å². The Balaban J connectivity index is 1.97. The van der Waals surface area contributed by atoms with Crippen LogP contribution in [0.4, 0.5) is 0 Å². The molecule has 1 aliphatic carbocycles. The van der Waals surface area contributed by atoms with Gasteiger partial charge in [0.25, 0.3) is 0 Å². The predicted molar refractivity (Wildman–Crippen MR) is 64.9 cm³/mol. The molecule has 0 saturated heterocycles. The molecule has 0 radical (unpaired) electrons. The zero-order valence-electron chi connectivity index (χ0n) is 8.00.